The number of aryl methyl sites for hydroxylation is 2. The molecule has 8 heteroatoms. The van der Waals surface area contributed by atoms with Gasteiger partial charge in [-0.3, -0.25) is 0 Å². The molecule has 0 aliphatic carbocycles. The van der Waals surface area contributed by atoms with E-state index in [1.807, 2.05) is 0 Å². The van der Waals surface area contributed by atoms with Crippen molar-refractivity contribution >= 4 is 19.9 Å². The maximum atomic E-state index is 13.2. The number of sulfonamides is 1. The van der Waals surface area contributed by atoms with E-state index in [2.05, 4.69) is 4.72 Å². The molecule has 5 nitrogen and oxygen atoms in total. The van der Waals surface area contributed by atoms with Gasteiger partial charge in [-0.25, -0.2) is 25.9 Å². The number of nitrogens with one attached hydrogen (secondary N) is 1. The minimum atomic E-state index is -3.77. The van der Waals surface area contributed by atoms with E-state index < -0.39 is 25.7 Å². The van der Waals surface area contributed by atoms with Crippen LogP contribution in [0.2, 0.25) is 0 Å². The van der Waals surface area contributed by atoms with Crippen LogP contribution in [0.15, 0.2) is 17.0 Å². The highest BCUT2D eigenvalue weighted by atomic mass is 32.2. The van der Waals surface area contributed by atoms with Gasteiger partial charge in [0, 0.05) is 6.54 Å². The second-order valence-corrected chi connectivity index (χ2v) is 9.42. The molecule has 1 atom stereocenters. The third-order valence-corrected chi connectivity index (χ3v) is 7.15. The summed E-state index contributed by atoms with van der Waals surface area (Å²) in [4.78, 5) is 0.0600. The zero-order valence-corrected chi connectivity index (χ0v) is 13.5. The second kappa shape index (κ2) is 5.66. The van der Waals surface area contributed by atoms with Gasteiger partial charge in [-0.15, -0.1) is 0 Å². The highest BCUT2D eigenvalue weighted by molar-refractivity contribution is 7.91. The van der Waals surface area contributed by atoms with Crippen molar-refractivity contribution in [3.8, 4) is 0 Å². The van der Waals surface area contributed by atoms with E-state index in [4.69, 9.17) is 0 Å². The molecular formula is C13H18FNO4S2. The van der Waals surface area contributed by atoms with Crippen LogP contribution < -0.4 is 4.72 Å². The first-order chi connectivity index (χ1) is 9.61. The van der Waals surface area contributed by atoms with Gasteiger partial charge in [0.1, 0.15) is 5.82 Å². The van der Waals surface area contributed by atoms with Crippen LogP contribution in [0.3, 0.4) is 0 Å². The van der Waals surface area contributed by atoms with Crippen molar-refractivity contribution < 1.29 is 21.2 Å². The molecule has 1 heterocycles. The van der Waals surface area contributed by atoms with Crippen molar-refractivity contribution in [3.63, 3.8) is 0 Å². The Balaban J connectivity index is 2.17. The molecule has 0 amide bonds. The Morgan fingerprint density at radius 3 is 2.33 bits per heavy atom. The Kier molecular flexibility index (Phi) is 4.41. The third kappa shape index (κ3) is 3.81. The maximum Gasteiger partial charge on any atom is 0.241 e. The highest BCUT2D eigenvalue weighted by Crippen LogP contribution is 2.22. The largest absolute Gasteiger partial charge is 0.241 e. The summed E-state index contributed by atoms with van der Waals surface area (Å²) in [5.74, 6) is -0.568. The van der Waals surface area contributed by atoms with Crippen LogP contribution in [0.5, 0.6) is 0 Å². The van der Waals surface area contributed by atoms with Gasteiger partial charge in [-0.1, -0.05) is 0 Å². The quantitative estimate of drug-likeness (QED) is 0.895. The molecule has 1 saturated heterocycles. The van der Waals surface area contributed by atoms with Crippen molar-refractivity contribution in [2.45, 2.75) is 25.2 Å². The van der Waals surface area contributed by atoms with Gasteiger partial charge in [0.15, 0.2) is 9.84 Å². The first-order valence-corrected chi connectivity index (χ1v) is 9.88. The van der Waals surface area contributed by atoms with Crippen LogP contribution in [0.4, 0.5) is 4.39 Å². The molecule has 1 unspecified atom stereocenters. The fraction of sp³-hybridized carbons (Fsp3) is 0.538. The van der Waals surface area contributed by atoms with Gasteiger partial charge in [-0.05, 0) is 49.4 Å². The fourth-order valence-corrected chi connectivity index (χ4v) is 6.08. The SMILES string of the molecule is Cc1cc(F)cc(C)c1S(=O)(=O)NCC1CCS(=O)(=O)C1. The topological polar surface area (TPSA) is 80.3 Å². The van der Waals surface area contributed by atoms with Crippen LogP contribution in [0.25, 0.3) is 0 Å². The van der Waals surface area contributed by atoms with Gasteiger partial charge in [-0.2, -0.15) is 0 Å². The minimum Gasteiger partial charge on any atom is -0.229 e. The lowest BCUT2D eigenvalue weighted by Crippen LogP contribution is -2.31. The van der Waals surface area contributed by atoms with Crippen molar-refractivity contribution in [2.75, 3.05) is 18.1 Å². The molecule has 0 spiro atoms. The first kappa shape index (κ1) is 16.4. The molecule has 118 valence electrons. The Morgan fingerprint density at radius 2 is 1.86 bits per heavy atom. The average molecular weight is 335 g/mol. The first-order valence-electron chi connectivity index (χ1n) is 6.57. The molecule has 21 heavy (non-hydrogen) atoms. The second-order valence-electron chi connectivity index (χ2n) is 5.49. The molecule has 0 aromatic heterocycles. The van der Waals surface area contributed by atoms with E-state index in [0.29, 0.717) is 17.5 Å². The average Bonchev–Trinajstić information content (AvgIpc) is 2.65. The summed E-state index contributed by atoms with van der Waals surface area (Å²) in [6.07, 6.45) is 0.465. The minimum absolute atomic E-state index is 0.0108. The number of sulfone groups is 1. The van der Waals surface area contributed by atoms with Crippen LogP contribution in [-0.2, 0) is 19.9 Å². The van der Waals surface area contributed by atoms with E-state index >= 15 is 0 Å². The normalized spacial score (nSPS) is 21.6. The van der Waals surface area contributed by atoms with Gasteiger partial charge >= 0.3 is 0 Å². The highest BCUT2D eigenvalue weighted by Gasteiger charge is 2.29. The number of hydrogen-bond acceptors (Lipinski definition) is 4. The number of hydrogen-bond donors (Lipinski definition) is 1. The molecule has 0 bridgehead atoms. The van der Waals surface area contributed by atoms with Crippen LogP contribution >= 0.6 is 0 Å². The van der Waals surface area contributed by atoms with Crippen molar-refractivity contribution in [2.24, 2.45) is 5.92 Å². The van der Waals surface area contributed by atoms with E-state index in [1.165, 1.54) is 26.0 Å². The van der Waals surface area contributed by atoms with Gasteiger partial charge < -0.3 is 0 Å². The smallest absolute Gasteiger partial charge is 0.229 e. The van der Waals surface area contributed by atoms with Crippen molar-refractivity contribution in [1.82, 2.24) is 4.72 Å². The Hall–Kier alpha value is -0.990. The van der Waals surface area contributed by atoms with E-state index in [9.17, 15) is 21.2 Å². The van der Waals surface area contributed by atoms with E-state index in [0.717, 1.165) is 0 Å². The molecule has 1 N–H and O–H groups in total. The molecule has 1 aliphatic rings. The molecule has 1 aliphatic heterocycles. The molecule has 0 radical (unpaired) electrons. The van der Waals surface area contributed by atoms with Crippen LogP contribution in [-0.4, -0.2) is 34.9 Å². The monoisotopic (exact) mass is 335 g/mol. The van der Waals surface area contributed by atoms with Crippen molar-refractivity contribution in [3.05, 3.63) is 29.1 Å². The standard InChI is InChI=1S/C13H18FNO4S2/c1-9-5-12(14)6-10(2)13(9)21(18,19)15-7-11-3-4-20(16,17)8-11/h5-6,11,15H,3-4,7-8H2,1-2H3. The predicted molar refractivity (Wildman–Crippen MR) is 77.8 cm³/mol. The number of rotatable bonds is 4. The molecule has 2 rings (SSSR count). The summed E-state index contributed by atoms with van der Waals surface area (Å²) in [6.45, 7) is 3.15. The fourth-order valence-electron chi connectivity index (χ4n) is 2.65. The molecular weight excluding hydrogens is 317 g/mol. The van der Waals surface area contributed by atoms with Crippen LogP contribution in [0, 0.1) is 25.6 Å². The Morgan fingerprint density at radius 1 is 1.29 bits per heavy atom. The molecule has 1 aromatic rings. The summed E-state index contributed by atoms with van der Waals surface area (Å²) in [6, 6.07) is 2.34. The predicted octanol–water partition coefficient (Wildman–Crippen LogP) is 1.16. The number of halogens is 1. The van der Waals surface area contributed by atoms with Gasteiger partial charge in [0.25, 0.3) is 0 Å². The van der Waals surface area contributed by atoms with Crippen LogP contribution in [0.1, 0.15) is 17.5 Å². The van der Waals surface area contributed by atoms with E-state index in [1.54, 1.807) is 0 Å². The zero-order valence-electron chi connectivity index (χ0n) is 11.9. The Labute approximate surface area is 124 Å². The third-order valence-electron chi connectivity index (χ3n) is 3.58. The maximum absolute atomic E-state index is 13.2. The summed E-state index contributed by atoms with van der Waals surface area (Å²) < 4.78 is 63.0. The zero-order chi connectivity index (χ0) is 15.8. The lowest BCUT2D eigenvalue weighted by Gasteiger charge is -2.14. The molecule has 0 saturated carbocycles. The summed E-state index contributed by atoms with van der Waals surface area (Å²) >= 11 is 0. The lowest BCUT2D eigenvalue weighted by atomic mass is 10.1. The summed E-state index contributed by atoms with van der Waals surface area (Å²) in [7, 11) is -6.81. The lowest BCUT2D eigenvalue weighted by molar-refractivity contribution is 0.542. The Bertz CT molecular complexity index is 733. The van der Waals surface area contributed by atoms with Gasteiger partial charge in [0.05, 0.1) is 16.4 Å². The molecule has 1 aromatic carbocycles. The van der Waals surface area contributed by atoms with E-state index in [-0.39, 0.29) is 28.9 Å². The van der Waals surface area contributed by atoms with Crippen molar-refractivity contribution in [1.29, 1.82) is 0 Å². The summed E-state index contributed by atoms with van der Waals surface area (Å²) in [5, 5.41) is 0. The summed E-state index contributed by atoms with van der Waals surface area (Å²) in [5.41, 5.74) is 0.665. The number of benzene rings is 1. The molecule has 1 fully saturated rings. The van der Waals surface area contributed by atoms with Gasteiger partial charge in [0.2, 0.25) is 10.0 Å².